The Morgan fingerprint density at radius 1 is 1.27 bits per heavy atom. The summed E-state index contributed by atoms with van der Waals surface area (Å²) in [6.07, 6.45) is 2.62. The zero-order valence-electron chi connectivity index (χ0n) is 9.39. The van der Waals surface area contributed by atoms with Gasteiger partial charge in [-0.2, -0.15) is 0 Å². The summed E-state index contributed by atoms with van der Waals surface area (Å²) in [6, 6.07) is 10.2. The van der Waals surface area contributed by atoms with E-state index < -0.39 is 0 Å². The molecule has 1 aromatic carbocycles. The van der Waals surface area contributed by atoms with Crippen molar-refractivity contribution < 1.29 is 4.84 Å². The summed E-state index contributed by atoms with van der Waals surface area (Å²) in [5.74, 6) is 0. The van der Waals surface area contributed by atoms with Gasteiger partial charge in [0.1, 0.15) is 6.61 Å². The molecule has 0 aliphatic heterocycles. The Kier molecular flexibility index (Phi) is 5.48. The van der Waals surface area contributed by atoms with Crippen molar-refractivity contribution in [2.75, 3.05) is 27.2 Å². The van der Waals surface area contributed by atoms with Gasteiger partial charge in [-0.15, -0.1) is 0 Å². The van der Waals surface area contributed by atoms with Gasteiger partial charge in [0.15, 0.2) is 0 Å². The van der Waals surface area contributed by atoms with Crippen LogP contribution in [0.25, 0.3) is 0 Å². The van der Waals surface area contributed by atoms with Gasteiger partial charge in [-0.05, 0) is 19.7 Å². The van der Waals surface area contributed by atoms with E-state index in [1.807, 2.05) is 32.3 Å². The van der Waals surface area contributed by atoms with Crippen molar-refractivity contribution in [3.05, 3.63) is 35.9 Å². The molecule has 0 aliphatic carbocycles. The minimum Gasteiger partial charge on any atom is -0.395 e. The van der Waals surface area contributed by atoms with Crippen LogP contribution in [-0.4, -0.2) is 38.4 Å². The first-order valence-corrected chi connectivity index (χ1v) is 5.11. The Hall–Kier alpha value is -1.35. The smallest absolute Gasteiger partial charge is 0.129 e. The number of nitrogens with zero attached hydrogens (tertiary/aromatic N) is 2. The molecule has 0 N–H and O–H groups in total. The SMILES string of the molecule is CN(C)CCON=CCc1ccccc1. The molecule has 0 unspecified atom stereocenters. The van der Waals surface area contributed by atoms with Gasteiger partial charge in [0, 0.05) is 19.2 Å². The zero-order valence-corrected chi connectivity index (χ0v) is 9.39. The summed E-state index contributed by atoms with van der Waals surface area (Å²) in [5, 5.41) is 3.89. The van der Waals surface area contributed by atoms with E-state index in [2.05, 4.69) is 22.2 Å². The third kappa shape index (κ3) is 5.86. The minimum atomic E-state index is 0.637. The average molecular weight is 206 g/mol. The predicted molar refractivity (Wildman–Crippen MR) is 63.1 cm³/mol. The average Bonchev–Trinajstić information content (AvgIpc) is 2.24. The molecule has 82 valence electrons. The van der Waals surface area contributed by atoms with Crippen molar-refractivity contribution in [2.24, 2.45) is 5.16 Å². The van der Waals surface area contributed by atoms with Gasteiger partial charge in [0.05, 0.1) is 0 Å². The molecule has 0 aliphatic rings. The molecule has 0 radical (unpaired) electrons. The Morgan fingerprint density at radius 3 is 2.67 bits per heavy atom. The van der Waals surface area contributed by atoms with Crippen LogP contribution in [0.3, 0.4) is 0 Å². The second-order valence-corrected chi connectivity index (χ2v) is 3.61. The third-order valence-corrected chi connectivity index (χ3v) is 1.95. The van der Waals surface area contributed by atoms with E-state index in [1.54, 1.807) is 6.21 Å². The monoisotopic (exact) mass is 206 g/mol. The Bertz CT molecular complexity index is 283. The molecule has 0 saturated heterocycles. The molecule has 3 nitrogen and oxygen atoms in total. The van der Waals surface area contributed by atoms with Gasteiger partial charge in [0.2, 0.25) is 0 Å². The zero-order chi connectivity index (χ0) is 10.9. The summed E-state index contributed by atoms with van der Waals surface area (Å²) in [6.45, 7) is 1.53. The van der Waals surface area contributed by atoms with Crippen molar-refractivity contribution in [1.82, 2.24) is 4.90 Å². The first kappa shape index (κ1) is 11.7. The number of oxime groups is 1. The largest absolute Gasteiger partial charge is 0.395 e. The fraction of sp³-hybridized carbons (Fsp3) is 0.417. The van der Waals surface area contributed by atoms with Crippen LogP contribution in [0.1, 0.15) is 5.56 Å². The van der Waals surface area contributed by atoms with Gasteiger partial charge in [-0.1, -0.05) is 35.5 Å². The summed E-state index contributed by atoms with van der Waals surface area (Å²) >= 11 is 0. The van der Waals surface area contributed by atoms with Gasteiger partial charge < -0.3 is 9.74 Å². The van der Waals surface area contributed by atoms with Crippen LogP contribution in [0.2, 0.25) is 0 Å². The van der Waals surface area contributed by atoms with Crippen LogP contribution in [0.4, 0.5) is 0 Å². The van der Waals surface area contributed by atoms with Crippen LogP contribution in [0, 0.1) is 0 Å². The van der Waals surface area contributed by atoms with E-state index in [-0.39, 0.29) is 0 Å². The molecule has 15 heavy (non-hydrogen) atoms. The highest BCUT2D eigenvalue weighted by molar-refractivity contribution is 5.60. The Balaban J connectivity index is 2.12. The fourth-order valence-electron chi connectivity index (χ4n) is 1.09. The normalized spacial score (nSPS) is 11.1. The molecule has 1 aromatic rings. The molecule has 0 atom stereocenters. The molecule has 0 heterocycles. The van der Waals surface area contributed by atoms with Gasteiger partial charge in [-0.25, -0.2) is 0 Å². The lowest BCUT2D eigenvalue weighted by Gasteiger charge is -2.06. The first-order chi connectivity index (χ1) is 7.29. The van der Waals surface area contributed by atoms with Gasteiger partial charge in [-0.3, -0.25) is 0 Å². The van der Waals surface area contributed by atoms with E-state index in [0.29, 0.717) is 6.61 Å². The lowest BCUT2D eigenvalue weighted by molar-refractivity contribution is 0.127. The van der Waals surface area contributed by atoms with Crippen LogP contribution in [0.15, 0.2) is 35.5 Å². The number of rotatable bonds is 6. The van der Waals surface area contributed by atoms with Crippen molar-refractivity contribution >= 4 is 6.21 Å². The van der Waals surface area contributed by atoms with Crippen molar-refractivity contribution in [3.8, 4) is 0 Å². The number of likely N-dealkylation sites (N-methyl/N-ethyl adjacent to an activating group) is 1. The van der Waals surface area contributed by atoms with E-state index in [9.17, 15) is 0 Å². The predicted octanol–water partition coefficient (Wildman–Crippen LogP) is 1.79. The van der Waals surface area contributed by atoms with Crippen molar-refractivity contribution in [1.29, 1.82) is 0 Å². The van der Waals surface area contributed by atoms with Crippen molar-refractivity contribution in [2.45, 2.75) is 6.42 Å². The summed E-state index contributed by atoms with van der Waals surface area (Å²) in [7, 11) is 4.02. The lowest BCUT2D eigenvalue weighted by atomic mass is 10.2. The molecule has 0 fully saturated rings. The topological polar surface area (TPSA) is 24.8 Å². The molecule has 0 spiro atoms. The molecule has 3 heteroatoms. The first-order valence-electron chi connectivity index (χ1n) is 5.11. The van der Waals surface area contributed by atoms with Crippen LogP contribution in [0.5, 0.6) is 0 Å². The third-order valence-electron chi connectivity index (χ3n) is 1.95. The van der Waals surface area contributed by atoms with E-state index >= 15 is 0 Å². The second kappa shape index (κ2) is 7.01. The van der Waals surface area contributed by atoms with Gasteiger partial charge in [0.25, 0.3) is 0 Å². The molecule has 0 bridgehead atoms. The molecule has 1 rings (SSSR count). The minimum absolute atomic E-state index is 0.637. The Morgan fingerprint density at radius 2 is 2.00 bits per heavy atom. The van der Waals surface area contributed by atoms with E-state index in [0.717, 1.165) is 13.0 Å². The lowest BCUT2D eigenvalue weighted by Crippen LogP contribution is -2.16. The van der Waals surface area contributed by atoms with Crippen LogP contribution < -0.4 is 0 Å². The van der Waals surface area contributed by atoms with E-state index in [4.69, 9.17) is 4.84 Å². The Labute approximate surface area is 91.3 Å². The highest BCUT2D eigenvalue weighted by Crippen LogP contribution is 1.97. The molecule has 0 amide bonds. The summed E-state index contributed by atoms with van der Waals surface area (Å²) < 4.78 is 0. The van der Waals surface area contributed by atoms with Crippen LogP contribution >= 0.6 is 0 Å². The van der Waals surface area contributed by atoms with Gasteiger partial charge >= 0.3 is 0 Å². The maximum Gasteiger partial charge on any atom is 0.129 e. The standard InChI is InChI=1S/C12H18N2O/c1-14(2)10-11-15-13-9-8-12-6-4-3-5-7-12/h3-7,9H,8,10-11H2,1-2H3. The molecule has 0 aromatic heterocycles. The van der Waals surface area contributed by atoms with Crippen LogP contribution in [-0.2, 0) is 11.3 Å². The quantitative estimate of drug-likeness (QED) is 0.403. The summed E-state index contributed by atoms with van der Waals surface area (Å²) in [5.41, 5.74) is 1.25. The van der Waals surface area contributed by atoms with E-state index in [1.165, 1.54) is 5.56 Å². The second-order valence-electron chi connectivity index (χ2n) is 3.61. The number of hydrogen-bond donors (Lipinski definition) is 0. The number of hydrogen-bond acceptors (Lipinski definition) is 3. The molecular weight excluding hydrogens is 188 g/mol. The van der Waals surface area contributed by atoms with Crippen molar-refractivity contribution in [3.63, 3.8) is 0 Å². The highest BCUT2D eigenvalue weighted by Gasteiger charge is 1.89. The fourth-order valence-corrected chi connectivity index (χ4v) is 1.09. The maximum absolute atomic E-state index is 5.09. The number of benzene rings is 1. The molecular formula is C12H18N2O. The summed E-state index contributed by atoms with van der Waals surface area (Å²) in [4.78, 5) is 7.16. The maximum atomic E-state index is 5.09. The molecule has 0 saturated carbocycles. The highest BCUT2D eigenvalue weighted by atomic mass is 16.6.